The lowest BCUT2D eigenvalue weighted by Crippen LogP contribution is -2.22. The van der Waals surface area contributed by atoms with Crippen molar-refractivity contribution in [3.63, 3.8) is 0 Å². The van der Waals surface area contributed by atoms with Gasteiger partial charge in [-0.25, -0.2) is 0 Å². The van der Waals surface area contributed by atoms with E-state index in [-0.39, 0.29) is 12.0 Å². The van der Waals surface area contributed by atoms with Crippen LogP contribution in [0, 0.1) is 12.8 Å². The van der Waals surface area contributed by atoms with Crippen LogP contribution in [0.4, 0.5) is 0 Å². The van der Waals surface area contributed by atoms with E-state index in [2.05, 4.69) is 45.2 Å². The fraction of sp³-hybridized carbons (Fsp3) is 0.529. The monoisotopic (exact) mass is 300 g/mol. The summed E-state index contributed by atoms with van der Waals surface area (Å²) in [6.45, 7) is 6.54. The van der Waals surface area contributed by atoms with Gasteiger partial charge in [-0.15, -0.1) is 0 Å². The van der Waals surface area contributed by atoms with Crippen LogP contribution in [0.3, 0.4) is 0 Å². The molecule has 0 aromatic carbocycles. The van der Waals surface area contributed by atoms with Gasteiger partial charge in [-0.05, 0) is 37.5 Å². The Kier molecular flexibility index (Phi) is 4.55. The molecular formula is C17H24N4O. The first-order valence-corrected chi connectivity index (χ1v) is 7.99. The van der Waals surface area contributed by atoms with Gasteiger partial charge >= 0.3 is 0 Å². The maximum atomic E-state index is 10.3. The van der Waals surface area contributed by atoms with Gasteiger partial charge in [0.15, 0.2) is 0 Å². The van der Waals surface area contributed by atoms with Gasteiger partial charge in [-0.3, -0.25) is 15.0 Å². The minimum absolute atomic E-state index is 0.248. The van der Waals surface area contributed by atoms with Crippen molar-refractivity contribution in [1.29, 1.82) is 0 Å². The van der Waals surface area contributed by atoms with E-state index >= 15 is 0 Å². The normalized spacial score (nSPS) is 22.3. The smallest absolute Gasteiger partial charge is 0.0711 e. The Hall–Kier alpha value is -1.72. The number of hydrogen-bond donors (Lipinski definition) is 2. The summed E-state index contributed by atoms with van der Waals surface area (Å²) in [5.41, 5.74) is 4.44. The van der Waals surface area contributed by atoms with Gasteiger partial charge in [-0.1, -0.05) is 13.0 Å². The van der Waals surface area contributed by atoms with Crippen LogP contribution in [0.5, 0.6) is 0 Å². The third-order valence-electron chi connectivity index (χ3n) is 4.39. The number of nitrogens with one attached hydrogen (secondary N) is 1. The molecule has 2 N–H and O–H groups in total. The Bertz CT molecular complexity index is 607. The molecule has 0 aliphatic carbocycles. The fourth-order valence-electron chi connectivity index (χ4n) is 3.11. The van der Waals surface area contributed by atoms with Crippen LogP contribution >= 0.6 is 0 Å². The van der Waals surface area contributed by atoms with Gasteiger partial charge in [0.1, 0.15) is 0 Å². The van der Waals surface area contributed by atoms with Gasteiger partial charge in [0.25, 0.3) is 0 Å². The highest BCUT2D eigenvalue weighted by Gasteiger charge is 2.31. The quantitative estimate of drug-likeness (QED) is 0.882. The summed E-state index contributed by atoms with van der Waals surface area (Å²) in [4.78, 5) is 6.79. The third-order valence-corrected chi connectivity index (χ3v) is 4.39. The molecule has 0 spiro atoms. The van der Waals surface area contributed by atoms with Crippen molar-refractivity contribution < 1.29 is 5.11 Å². The number of aromatic nitrogens is 3. The van der Waals surface area contributed by atoms with Crippen molar-refractivity contribution in [2.45, 2.75) is 39.3 Å². The second-order valence-electron chi connectivity index (χ2n) is 6.28. The van der Waals surface area contributed by atoms with Gasteiger partial charge < -0.3 is 5.11 Å². The molecule has 118 valence electrons. The Morgan fingerprint density at radius 2 is 2.18 bits per heavy atom. The first-order valence-electron chi connectivity index (χ1n) is 7.99. The summed E-state index contributed by atoms with van der Waals surface area (Å²) in [6.07, 6.45) is 3.50. The second kappa shape index (κ2) is 6.58. The average Bonchev–Trinajstić information content (AvgIpc) is 3.06. The summed E-state index contributed by atoms with van der Waals surface area (Å²) in [5.74, 6) is 0.248. The van der Waals surface area contributed by atoms with Crippen LogP contribution < -0.4 is 0 Å². The lowest BCUT2D eigenvalue weighted by molar-refractivity contribution is 0.140. The van der Waals surface area contributed by atoms with Crippen molar-refractivity contribution in [3.05, 3.63) is 47.0 Å². The van der Waals surface area contributed by atoms with Gasteiger partial charge in [0.05, 0.1) is 17.5 Å². The van der Waals surface area contributed by atoms with Gasteiger partial charge in [-0.2, -0.15) is 5.10 Å². The average molecular weight is 300 g/mol. The molecule has 1 aliphatic rings. The number of pyridine rings is 1. The van der Waals surface area contributed by atoms with Crippen molar-refractivity contribution >= 4 is 0 Å². The van der Waals surface area contributed by atoms with Crippen LogP contribution in [0.1, 0.15) is 29.6 Å². The molecule has 1 saturated heterocycles. The Morgan fingerprint density at radius 1 is 1.32 bits per heavy atom. The second-order valence-corrected chi connectivity index (χ2v) is 6.28. The van der Waals surface area contributed by atoms with Crippen LogP contribution in [-0.2, 0) is 19.4 Å². The first kappa shape index (κ1) is 15.2. The van der Waals surface area contributed by atoms with E-state index in [1.165, 1.54) is 5.56 Å². The molecule has 0 radical (unpaired) electrons. The molecule has 1 aliphatic heterocycles. The van der Waals surface area contributed by atoms with Gasteiger partial charge in [0.2, 0.25) is 0 Å². The highest BCUT2D eigenvalue weighted by Crippen LogP contribution is 2.22. The number of H-pyrrole nitrogens is 1. The van der Waals surface area contributed by atoms with Crippen molar-refractivity contribution in [2.24, 2.45) is 5.92 Å². The van der Waals surface area contributed by atoms with Crippen LogP contribution in [0.15, 0.2) is 24.4 Å². The molecule has 0 saturated carbocycles. The number of aliphatic hydroxyl groups excluding tert-OH is 1. The van der Waals surface area contributed by atoms with E-state index < -0.39 is 0 Å². The Morgan fingerprint density at radius 3 is 2.82 bits per heavy atom. The summed E-state index contributed by atoms with van der Waals surface area (Å²) in [5, 5.41) is 17.5. The molecule has 3 rings (SSSR count). The van der Waals surface area contributed by atoms with Crippen LogP contribution in [0.2, 0.25) is 0 Å². The zero-order valence-corrected chi connectivity index (χ0v) is 13.3. The zero-order valence-electron chi connectivity index (χ0n) is 13.3. The molecule has 22 heavy (non-hydrogen) atoms. The van der Waals surface area contributed by atoms with Crippen LogP contribution in [-0.4, -0.2) is 44.4 Å². The van der Waals surface area contributed by atoms with E-state index in [9.17, 15) is 5.11 Å². The molecule has 2 aromatic rings. The number of aliphatic hydroxyl groups is 1. The predicted octanol–water partition coefficient (Wildman–Crippen LogP) is 1.71. The fourth-order valence-corrected chi connectivity index (χ4v) is 3.11. The first-order chi connectivity index (χ1) is 10.6. The third kappa shape index (κ3) is 3.54. The van der Waals surface area contributed by atoms with Crippen molar-refractivity contribution in [2.75, 3.05) is 13.1 Å². The number of rotatable bonds is 5. The number of aryl methyl sites for hydroxylation is 2. The number of nitrogens with zero attached hydrogens (tertiary/aromatic N) is 3. The topological polar surface area (TPSA) is 65.0 Å². The largest absolute Gasteiger partial charge is 0.391 e. The molecule has 3 heterocycles. The molecule has 5 heteroatoms. The minimum Gasteiger partial charge on any atom is -0.391 e. The van der Waals surface area contributed by atoms with Crippen LogP contribution in [0.25, 0.3) is 0 Å². The highest BCUT2D eigenvalue weighted by molar-refractivity contribution is 5.14. The summed E-state index contributed by atoms with van der Waals surface area (Å²) in [7, 11) is 0. The number of hydrogen-bond acceptors (Lipinski definition) is 4. The van der Waals surface area contributed by atoms with Gasteiger partial charge in [0, 0.05) is 37.4 Å². The minimum atomic E-state index is -0.285. The van der Waals surface area contributed by atoms with E-state index in [0.29, 0.717) is 6.54 Å². The Labute approximate surface area is 131 Å². The molecular weight excluding hydrogens is 276 g/mol. The molecule has 2 aromatic heterocycles. The number of likely N-dealkylation sites (tertiary alicyclic amines) is 1. The standard InChI is InChI=1S/C17H24N4O/c1-3-13-4-5-15(18-8-13)10-21-9-14(17(22)11-21)7-16-6-12(2)19-20-16/h4-6,8,14,17,22H,3,7,9-11H2,1-2H3,(H,19,20)/t14-,17+/m1/s1. The maximum Gasteiger partial charge on any atom is 0.0711 e. The van der Waals surface area contributed by atoms with Crippen molar-refractivity contribution in [1.82, 2.24) is 20.1 Å². The van der Waals surface area contributed by atoms with E-state index in [1.807, 2.05) is 13.1 Å². The number of β-amino-alcohol motifs (C(OH)–C–C–N with tert-alkyl or cyclic N) is 1. The van der Waals surface area contributed by atoms with Crippen molar-refractivity contribution in [3.8, 4) is 0 Å². The molecule has 2 atom stereocenters. The molecule has 5 nitrogen and oxygen atoms in total. The van der Waals surface area contributed by atoms with E-state index in [0.717, 1.165) is 43.0 Å². The molecule has 0 unspecified atom stereocenters. The lowest BCUT2D eigenvalue weighted by atomic mass is 10.0. The molecule has 1 fully saturated rings. The highest BCUT2D eigenvalue weighted by atomic mass is 16.3. The lowest BCUT2D eigenvalue weighted by Gasteiger charge is -2.14. The molecule has 0 amide bonds. The molecule has 0 bridgehead atoms. The van der Waals surface area contributed by atoms with E-state index in [4.69, 9.17) is 0 Å². The predicted molar refractivity (Wildman–Crippen MR) is 85.4 cm³/mol. The zero-order chi connectivity index (χ0) is 15.5. The summed E-state index contributed by atoms with van der Waals surface area (Å²) < 4.78 is 0. The van der Waals surface area contributed by atoms with E-state index in [1.54, 1.807) is 0 Å². The number of aromatic amines is 1. The summed E-state index contributed by atoms with van der Waals surface area (Å²) in [6, 6.07) is 6.29. The summed E-state index contributed by atoms with van der Waals surface area (Å²) >= 11 is 0. The maximum absolute atomic E-state index is 10.3. The Balaban J connectivity index is 1.57. The SMILES string of the molecule is CCc1ccc(CN2C[C@@H](Cc3cc(C)[nH]n3)[C@@H](O)C2)nc1.